The Morgan fingerprint density at radius 1 is 1.02 bits per heavy atom. The Morgan fingerprint density at radius 2 is 1.84 bits per heavy atom. The van der Waals surface area contributed by atoms with Gasteiger partial charge in [0.25, 0.3) is 5.88 Å². The molecule has 7 rings (SSSR count). The second-order valence-electron chi connectivity index (χ2n) is 12.3. The summed E-state index contributed by atoms with van der Waals surface area (Å²) in [5, 5.41) is 24.2. The van der Waals surface area contributed by atoms with Gasteiger partial charge in [0.05, 0.1) is 43.6 Å². The number of aryl methyl sites for hydroxylation is 1. The van der Waals surface area contributed by atoms with E-state index in [1.54, 1.807) is 40.5 Å². The van der Waals surface area contributed by atoms with Crippen molar-refractivity contribution in [3.05, 3.63) is 60.8 Å². The molecule has 1 atom stereocenters. The molecule has 1 aliphatic carbocycles. The van der Waals surface area contributed by atoms with E-state index in [2.05, 4.69) is 50.5 Å². The minimum atomic E-state index is -0.209. The molecule has 17 heteroatoms. The Labute approximate surface area is 288 Å². The van der Waals surface area contributed by atoms with Gasteiger partial charge >= 0.3 is 0 Å². The Balaban J connectivity index is 1.02. The Bertz CT molecular complexity index is 1740. The normalized spacial score (nSPS) is 19.1. The lowest BCUT2D eigenvalue weighted by Gasteiger charge is -2.38. The van der Waals surface area contributed by atoms with Gasteiger partial charge in [-0.05, 0) is 60.7 Å². The van der Waals surface area contributed by atoms with Crippen molar-refractivity contribution in [2.24, 2.45) is 0 Å². The fourth-order valence-corrected chi connectivity index (χ4v) is 6.51. The molecular formula is C32H40ClN13O3. The minimum Gasteiger partial charge on any atom is -0.487 e. The number of benzene rings is 1. The van der Waals surface area contributed by atoms with Crippen molar-refractivity contribution in [2.75, 3.05) is 38.2 Å². The molecule has 0 radical (unpaired) electrons. The van der Waals surface area contributed by atoms with E-state index in [9.17, 15) is 0 Å². The van der Waals surface area contributed by atoms with Crippen LogP contribution in [0.1, 0.15) is 45.1 Å². The zero-order valence-electron chi connectivity index (χ0n) is 27.4. The Morgan fingerprint density at radius 3 is 2.59 bits per heavy atom. The van der Waals surface area contributed by atoms with Crippen LogP contribution in [0.4, 0.5) is 11.6 Å². The number of halogens is 1. The lowest BCUT2D eigenvalue weighted by atomic mass is 9.90. The lowest BCUT2D eigenvalue weighted by Crippen LogP contribution is -2.45. The molecule has 1 N–H and O–H groups in total. The number of nitrogens with zero attached hydrogens (tertiary/aromatic N) is 12. The first-order valence-corrected chi connectivity index (χ1v) is 17.1. The fourth-order valence-electron chi connectivity index (χ4n) is 6.35. The van der Waals surface area contributed by atoms with E-state index >= 15 is 0 Å². The molecular weight excluding hydrogens is 650 g/mol. The van der Waals surface area contributed by atoms with Crippen LogP contribution in [0, 0.1) is 0 Å². The molecule has 0 amide bonds. The van der Waals surface area contributed by atoms with E-state index in [0.29, 0.717) is 54.4 Å². The van der Waals surface area contributed by atoms with Gasteiger partial charge in [0.15, 0.2) is 0 Å². The smallest absolute Gasteiger partial charge is 0.256 e. The largest absolute Gasteiger partial charge is 0.487 e. The number of tetrazole rings is 1. The number of hydrogen-bond acceptors (Lipinski definition) is 13. The third kappa shape index (κ3) is 8.50. The summed E-state index contributed by atoms with van der Waals surface area (Å²) in [4.78, 5) is 15.8. The second-order valence-corrected chi connectivity index (χ2v) is 12.7. The van der Waals surface area contributed by atoms with E-state index < -0.39 is 0 Å². The van der Waals surface area contributed by atoms with Gasteiger partial charge in [0.1, 0.15) is 36.5 Å². The van der Waals surface area contributed by atoms with Crippen molar-refractivity contribution in [1.82, 2.24) is 59.6 Å². The van der Waals surface area contributed by atoms with Crippen LogP contribution < -0.4 is 14.8 Å². The standard InChI is InChI=1S/C32H40ClN13O3/c1-23(18-45-22-37-41-42-45)49-30-15-24(3-8-28(30)33)25-16-35-32(36-17-25)39-29-19-46(40-31(29)48-12-2-9-44-21-34-20-38-44)27-6-4-26(5-7-27)43-10-13-47-14-11-43/h3,8,15-17,19-23,26-27H,2,4-7,9-14,18H2,1H3,(H,35,36,39)/t23-,26?,27?/m0/s1. The molecule has 258 valence electrons. The minimum absolute atomic E-state index is 0.209. The summed E-state index contributed by atoms with van der Waals surface area (Å²) in [6.07, 6.45) is 15.3. The molecule has 0 bridgehead atoms. The predicted octanol–water partition coefficient (Wildman–Crippen LogP) is 4.07. The van der Waals surface area contributed by atoms with Gasteiger partial charge < -0.3 is 19.5 Å². The van der Waals surface area contributed by atoms with E-state index in [-0.39, 0.29) is 6.10 Å². The van der Waals surface area contributed by atoms with Crippen molar-refractivity contribution >= 4 is 23.2 Å². The van der Waals surface area contributed by atoms with Crippen molar-refractivity contribution in [2.45, 2.75) is 70.3 Å². The van der Waals surface area contributed by atoms with Crippen molar-refractivity contribution < 1.29 is 14.2 Å². The number of morpholine rings is 1. The molecule has 5 aromatic rings. The van der Waals surface area contributed by atoms with Gasteiger partial charge in [-0.2, -0.15) is 5.10 Å². The molecule has 0 spiro atoms. The van der Waals surface area contributed by atoms with Crippen LogP contribution in [0.2, 0.25) is 5.02 Å². The zero-order chi connectivity index (χ0) is 33.4. The summed E-state index contributed by atoms with van der Waals surface area (Å²) >= 11 is 6.47. The van der Waals surface area contributed by atoms with Crippen molar-refractivity contribution in [3.63, 3.8) is 0 Å². The number of hydrogen-bond donors (Lipinski definition) is 1. The van der Waals surface area contributed by atoms with E-state index in [4.69, 9.17) is 30.9 Å². The van der Waals surface area contributed by atoms with Crippen LogP contribution in [0.5, 0.6) is 11.6 Å². The van der Waals surface area contributed by atoms with Gasteiger partial charge in [-0.15, -0.1) is 10.2 Å². The monoisotopic (exact) mass is 689 g/mol. The topological polar surface area (TPSA) is 161 Å². The van der Waals surface area contributed by atoms with Crippen molar-refractivity contribution in [1.29, 1.82) is 0 Å². The average molecular weight is 690 g/mol. The van der Waals surface area contributed by atoms with E-state index in [1.165, 1.54) is 6.33 Å². The summed E-state index contributed by atoms with van der Waals surface area (Å²) in [6, 6.07) is 6.50. The highest BCUT2D eigenvalue weighted by molar-refractivity contribution is 6.32. The molecule has 2 fully saturated rings. The first-order valence-electron chi connectivity index (χ1n) is 16.7. The molecule has 5 heterocycles. The third-order valence-corrected chi connectivity index (χ3v) is 9.18. The first kappa shape index (κ1) is 32.9. The SMILES string of the molecule is C[C@@H](Cn1cnnn1)Oc1cc(-c2cnc(Nc3cn(C4CCC(N5CCOCC5)CC4)nc3OCCCn3cncn3)nc2)ccc1Cl. The lowest BCUT2D eigenvalue weighted by molar-refractivity contribution is 0.00503. The summed E-state index contributed by atoms with van der Waals surface area (Å²) < 4.78 is 23.3. The fraction of sp³-hybridized carbons (Fsp3) is 0.500. The highest BCUT2D eigenvalue weighted by Crippen LogP contribution is 2.35. The van der Waals surface area contributed by atoms with Gasteiger partial charge in [0.2, 0.25) is 5.95 Å². The summed E-state index contributed by atoms with van der Waals surface area (Å²) in [6.45, 7) is 7.29. The molecule has 16 nitrogen and oxygen atoms in total. The van der Waals surface area contributed by atoms with Crippen LogP contribution in [0.25, 0.3) is 11.1 Å². The zero-order valence-corrected chi connectivity index (χ0v) is 28.1. The van der Waals surface area contributed by atoms with Gasteiger partial charge in [0, 0.05) is 50.1 Å². The Kier molecular flexibility index (Phi) is 10.5. The molecule has 2 aliphatic rings. The van der Waals surface area contributed by atoms with Gasteiger partial charge in [-0.3, -0.25) is 14.3 Å². The molecule has 1 aromatic carbocycles. The number of anilines is 2. The maximum Gasteiger partial charge on any atom is 0.256 e. The number of rotatable bonds is 14. The highest BCUT2D eigenvalue weighted by atomic mass is 35.5. The molecule has 1 saturated heterocycles. The molecule has 1 saturated carbocycles. The maximum absolute atomic E-state index is 6.47. The summed E-state index contributed by atoms with van der Waals surface area (Å²) in [5.74, 6) is 1.52. The second kappa shape index (κ2) is 15.7. The predicted molar refractivity (Wildman–Crippen MR) is 180 cm³/mol. The van der Waals surface area contributed by atoms with Crippen molar-refractivity contribution in [3.8, 4) is 22.8 Å². The number of nitrogens with one attached hydrogen (secondary N) is 1. The van der Waals surface area contributed by atoms with E-state index in [1.807, 2.05) is 25.3 Å². The summed E-state index contributed by atoms with van der Waals surface area (Å²) in [7, 11) is 0. The summed E-state index contributed by atoms with van der Waals surface area (Å²) in [5.41, 5.74) is 2.41. The number of ether oxygens (including phenoxy) is 3. The highest BCUT2D eigenvalue weighted by Gasteiger charge is 2.29. The average Bonchev–Trinajstić information content (AvgIpc) is 3.92. The molecule has 1 aliphatic heterocycles. The number of aromatic nitrogens is 11. The van der Waals surface area contributed by atoms with Crippen LogP contribution >= 0.6 is 11.6 Å². The van der Waals surface area contributed by atoms with Gasteiger partial charge in [-0.1, -0.05) is 17.7 Å². The molecule has 0 unspecified atom stereocenters. The third-order valence-electron chi connectivity index (χ3n) is 8.86. The van der Waals surface area contributed by atoms with Crippen LogP contribution in [-0.4, -0.2) is 105 Å². The maximum atomic E-state index is 6.47. The van der Waals surface area contributed by atoms with E-state index in [0.717, 1.165) is 75.2 Å². The Hall–Kier alpha value is -4.67. The quantitative estimate of drug-likeness (QED) is 0.166. The molecule has 4 aromatic heterocycles. The van der Waals surface area contributed by atoms with Crippen LogP contribution in [0.3, 0.4) is 0 Å². The van der Waals surface area contributed by atoms with Crippen LogP contribution in [0.15, 0.2) is 55.8 Å². The van der Waals surface area contributed by atoms with Gasteiger partial charge in [-0.25, -0.2) is 19.6 Å². The van der Waals surface area contributed by atoms with Crippen LogP contribution in [-0.2, 0) is 17.8 Å². The molecule has 49 heavy (non-hydrogen) atoms. The first-order chi connectivity index (χ1) is 24.1.